The third-order valence-electron chi connectivity index (χ3n) is 2.14. The second-order valence-electron chi connectivity index (χ2n) is 3.51. The predicted molar refractivity (Wildman–Crippen MR) is 60.7 cm³/mol. The van der Waals surface area contributed by atoms with E-state index >= 15 is 0 Å². The molecular weight excluding hydrogens is 244 g/mol. The van der Waals surface area contributed by atoms with Gasteiger partial charge in [-0.3, -0.25) is 0 Å². The lowest BCUT2D eigenvalue weighted by atomic mass is 10.00. The van der Waals surface area contributed by atoms with Crippen molar-refractivity contribution in [3.63, 3.8) is 0 Å². The number of halogens is 1. The summed E-state index contributed by atoms with van der Waals surface area (Å²) in [5.74, 6) is 1.24. The fourth-order valence-corrected chi connectivity index (χ4v) is 2.09. The minimum Gasteiger partial charge on any atom is -0.495 e. The summed E-state index contributed by atoms with van der Waals surface area (Å²) in [5, 5.41) is 9.07. The third kappa shape index (κ3) is 2.28. The molecule has 2 nitrogen and oxygen atoms in total. The quantitative estimate of drug-likeness (QED) is 0.903. The van der Waals surface area contributed by atoms with E-state index in [0.717, 1.165) is 21.3 Å². The maximum Gasteiger partial charge on any atom is 0.136 e. The van der Waals surface area contributed by atoms with Crippen LogP contribution >= 0.6 is 15.9 Å². The highest BCUT2D eigenvalue weighted by Crippen LogP contribution is 2.34. The molecule has 1 aromatic rings. The first kappa shape index (κ1) is 11.5. The zero-order valence-corrected chi connectivity index (χ0v) is 10.3. The molecule has 78 valence electrons. The number of aliphatic hydroxyl groups excluding tert-OH is 1. The first-order chi connectivity index (χ1) is 6.60. The van der Waals surface area contributed by atoms with E-state index in [1.807, 2.05) is 12.1 Å². The van der Waals surface area contributed by atoms with Crippen LogP contribution in [0.4, 0.5) is 0 Å². The van der Waals surface area contributed by atoms with Crippen LogP contribution in [0.2, 0.25) is 0 Å². The molecule has 0 heterocycles. The van der Waals surface area contributed by atoms with E-state index in [-0.39, 0.29) is 6.61 Å². The van der Waals surface area contributed by atoms with E-state index in [2.05, 4.69) is 29.8 Å². The van der Waals surface area contributed by atoms with Crippen molar-refractivity contribution in [2.45, 2.75) is 26.4 Å². The lowest BCUT2D eigenvalue weighted by Crippen LogP contribution is -1.97. The molecule has 0 amide bonds. The van der Waals surface area contributed by atoms with Gasteiger partial charge in [-0.15, -0.1) is 0 Å². The highest BCUT2D eigenvalue weighted by Gasteiger charge is 2.12. The Bertz CT molecular complexity index is 321. The summed E-state index contributed by atoms with van der Waals surface area (Å²) in [6.07, 6.45) is 0. The van der Waals surface area contributed by atoms with Gasteiger partial charge in [0.2, 0.25) is 0 Å². The zero-order valence-electron chi connectivity index (χ0n) is 8.67. The van der Waals surface area contributed by atoms with Crippen molar-refractivity contribution >= 4 is 15.9 Å². The van der Waals surface area contributed by atoms with Crippen molar-refractivity contribution in [3.05, 3.63) is 27.7 Å². The Balaban J connectivity index is 3.28. The molecule has 0 spiro atoms. The van der Waals surface area contributed by atoms with E-state index in [0.29, 0.717) is 5.92 Å². The van der Waals surface area contributed by atoms with Crippen LogP contribution in [0.25, 0.3) is 0 Å². The van der Waals surface area contributed by atoms with Crippen LogP contribution in [0.5, 0.6) is 5.75 Å². The van der Waals surface area contributed by atoms with Gasteiger partial charge in [0.15, 0.2) is 0 Å². The van der Waals surface area contributed by atoms with Crippen LogP contribution in [0.15, 0.2) is 16.6 Å². The molecule has 3 heteroatoms. The summed E-state index contributed by atoms with van der Waals surface area (Å²) in [7, 11) is 1.66. The number of hydrogen-bond acceptors (Lipinski definition) is 2. The average molecular weight is 259 g/mol. The van der Waals surface area contributed by atoms with Crippen LogP contribution < -0.4 is 4.74 Å². The molecule has 14 heavy (non-hydrogen) atoms. The number of methoxy groups -OCH3 is 1. The highest BCUT2D eigenvalue weighted by atomic mass is 79.9. The summed E-state index contributed by atoms with van der Waals surface area (Å²) in [5.41, 5.74) is 2.02. The minimum absolute atomic E-state index is 0.0579. The van der Waals surface area contributed by atoms with Crippen molar-refractivity contribution in [1.82, 2.24) is 0 Å². The van der Waals surface area contributed by atoms with Crippen molar-refractivity contribution < 1.29 is 9.84 Å². The Labute approximate surface area is 93.0 Å². The molecule has 0 aromatic heterocycles. The van der Waals surface area contributed by atoms with Gasteiger partial charge in [0.1, 0.15) is 5.75 Å². The molecule has 1 N–H and O–H groups in total. The molecule has 0 saturated heterocycles. The molecule has 1 aromatic carbocycles. The second kappa shape index (κ2) is 4.80. The molecule has 0 atom stereocenters. The SMILES string of the molecule is COc1c(Br)cc(CO)cc1C(C)C. The Morgan fingerprint density at radius 2 is 2.07 bits per heavy atom. The summed E-state index contributed by atoms with van der Waals surface area (Å²) in [6.45, 7) is 4.26. The van der Waals surface area contributed by atoms with E-state index < -0.39 is 0 Å². The first-order valence-corrected chi connectivity index (χ1v) is 5.36. The van der Waals surface area contributed by atoms with E-state index in [9.17, 15) is 0 Å². The van der Waals surface area contributed by atoms with Gasteiger partial charge in [0.25, 0.3) is 0 Å². The fourth-order valence-electron chi connectivity index (χ4n) is 1.41. The highest BCUT2D eigenvalue weighted by molar-refractivity contribution is 9.10. The lowest BCUT2D eigenvalue weighted by molar-refractivity contribution is 0.281. The Morgan fingerprint density at radius 3 is 2.50 bits per heavy atom. The normalized spacial score (nSPS) is 10.7. The number of hydrogen-bond donors (Lipinski definition) is 1. The van der Waals surface area contributed by atoms with Crippen LogP contribution in [-0.2, 0) is 6.61 Å². The van der Waals surface area contributed by atoms with Crippen LogP contribution in [0.1, 0.15) is 30.9 Å². The maximum absolute atomic E-state index is 9.07. The number of aliphatic hydroxyl groups is 1. The minimum atomic E-state index is 0.0579. The number of rotatable bonds is 3. The van der Waals surface area contributed by atoms with Gasteiger partial charge in [0.05, 0.1) is 18.2 Å². The molecule has 0 saturated carbocycles. The van der Waals surface area contributed by atoms with Crippen molar-refractivity contribution in [2.24, 2.45) is 0 Å². The van der Waals surface area contributed by atoms with Gasteiger partial charge in [-0.25, -0.2) is 0 Å². The van der Waals surface area contributed by atoms with Crippen molar-refractivity contribution in [3.8, 4) is 5.75 Å². The van der Waals surface area contributed by atoms with Crippen LogP contribution in [-0.4, -0.2) is 12.2 Å². The Hall–Kier alpha value is -0.540. The molecule has 0 unspecified atom stereocenters. The summed E-state index contributed by atoms with van der Waals surface area (Å²) >= 11 is 3.43. The topological polar surface area (TPSA) is 29.5 Å². The lowest BCUT2D eigenvalue weighted by Gasteiger charge is -2.14. The largest absolute Gasteiger partial charge is 0.495 e. The number of ether oxygens (including phenoxy) is 1. The zero-order chi connectivity index (χ0) is 10.7. The smallest absolute Gasteiger partial charge is 0.136 e. The molecule has 1 rings (SSSR count). The van der Waals surface area contributed by atoms with E-state index in [4.69, 9.17) is 9.84 Å². The van der Waals surface area contributed by atoms with Gasteiger partial charge in [-0.2, -0.15) is 0 Å². The molecule has 0 fully saturated rings. The van der Waals surface area contributed by atoms with Gasteiger partial charge in [-0.1, -0.05) is 13.8 Å². The second-order valence-corrected chi connectivity index (χ2v) is 4.37. The monoisotopic (exact) mass is 258 g/mol. The summed E-state index contributed by atoms with van der Waals surface area (Å²) in [6, 6.07) is 3.86. The molecule has 0 aliphatic rings. The van der Waals surface area contributed by atoms with Crippen LogP contribution in [0, 0.1) is 0 Å². The molecule has 0 aliphatic carbocycles. The van der Waals surface area contributed by atoms with Gasteiger partial charge >= 0.3 is 0 Å². The molecule has 0 bridgehead atoms. The molecular formula is C11H15BrO2. The molecule has 0 aliphatic heterocycles. The van der Waals surface area contributed by atoms with Crippen LogP contribution in [0.3, 0.4) is 0 Å². The van der Waals surface area contributed by atoms with Gasteiger partial charge in [-0.05, 0) is 45.1 Å². The van der Waals surface area contributed by atoms with E-state index in [1.165, 1.54) is 0 Å². The summed E-state index contributed by atoms with van der Waals surface area (Å²) in [4.78, 5) is 0. The summed E-state index contributed by atoms with van der Waals surface area (Å²) < 4.78 is 6.21. The fraction of sp³-hybridized carbons (Fsp3) is 0.455. The van der Waals surface area contributed by atoms with Crippen molar-refractivity contribution in [1.29, 1.82) is 0 Å². The maximum atomic E-state index is 9.07. The average Bonchev–Trinajstić information content (AvgIpc) is 2.16. The molecule has 0 radical (unpaired) electrons. The predicted octanol–water partition coefficient (Wildman–Crippen LogP) is 3.07. The Morgan fingerprint density at radius 1 is 1.43 bits per heavy atom. The third-order valence-corrected chi connectivity index (χ3v) is 2.73. The van der Waals surface area contributed by atoms with Gasteiger partial charge in [0, 0.05) is 0 Å². The Kier molecular flexibility index (Phi) is 3.96. The first-order valence-electron chi connectivity index (χ1n) is 4.57. The standard InChI is InChI=1S/C11H15BrO2/c1-7(2)9-4-8(6-13)5-10(12)11(9)14-3/h4-5,7,13H,6H2,1-3H3. The van der Waals surface area contributed by atoms with Gasteiger partial charge < -0.3 is 9.84 Å². The van der Waals surface area contributed by atoms with Crippen molar-refractivity contribution in [2.75, 3.05) is 7.11 Å². The number of benzene rings is 1. The van der Waals surface area contributed by atoms with E-state index in [1.54, 1.807) is 7.11 Å².